The fourth-order valence-electron chi connectivity index (χ4n) is 1.92. The van der Waals surface area contributed by atoms with Crippen LogP contribution in [0.2, 0.25) is 0 Å². The molecule has 1 aromatic carbocycles. The number of para-hydroxylation sites is 1. The maximum Gasteiger partial charge on any atom is 0.138 e. The van der Waals surface area contributed by atoms with Gasteiger partial charge in [0, 0.05) is 6.54 Å². The van der Waals surface area contributed by atoms with E-state index in [9.17, 15) is 5.11 Å². The number of hydrogen-bond acceptors (Lipinski definition) is 2. The number of phenolic OH excluding ortho intramolecular Hbond substituents is 1. The Labute approximate surface area is 78.6 Å². The normalized spacial score (nSPS) is 18.9. The monoisotopic (exact) mass is 177 g/mol. The van der Waals surface area contributed by atoms with E-state index < -0.39 is 0 Å². The van der Waals surface area contributed by atoms with Crippen molar-refractivity contribution < 1.29 is 5.11 Å². The first-order valence-corrected chi connectivity index (χ1v) is 4.67. The SMILES string of the molecule is CC1(C)CCNc2c(O)cccc21. The molecule has 0 amide bonds. The molecule has 2 heteroatoms. The molecule has 1 aromatic rings. The van der Waals surface area contributed by atoms with E-state index in [4.69, 9.17) is 0 Å². The third-order valence-electron chi connectivity index (χ3n) is 2.82. The first-order valence-electron chi connectivity index (χ1n) is 4.67. The van der Waals surface area contributed by atoms with Crippen LogP contribution < -0.4 is 5.32 Å². The van der Waals surface area contributed by atoms with Crippen LogP contribution in [0.15, 0.2) is 18.2 Å². The smallest absolute Gasteiger partial charge is 0.138 e. The van der Waals surface area contributed by atoms with Gasteiger partial charge in [-0.3, -0.25) is 0 Å². The molecule has 2 rings (SSSR count). The molecule has 13 heavy (non-hydrogen) atoms. The van der Waals surface area contributed by atoms with Crippen LogP contribution in [0.4, 0.5) is 5.69 Å². The van der Waals surface area contributed by atoms with E-state index in [1.807, 2.05) is 6.07 Å². The topological polar surface area (TPSA) is 32.3 Å². The van der Waals surface area contributed by atoms with Crippen molar-refractivity contribution >= 4 is 5.69 Å². The maximum absolute atomic E-state index is 9.63. The number of benzene rings is 1. The zero-order valence-corrected chi connectivity index (χ0v) is 8.09. The molecular formula is C11H15NO. The summed E-state index contributed by atoms with van der Waals surface area (Å²) in [4.78, 5) is 0. The third-order valence-corrected chi connectivity index (χ3v) is 2.82. The highest BCUT2D eigenvalue weighted by Crippen LogP contribution is 2.40. The van der Waals surface area contributed by atoms with E-state index in [1.54, 1.807) is 6.07 Å². The number of rotatable bonds is 0. The fraction of sp³-hybridized carbons (Fsp3) is 0.455. The zero-order valence-electron chi connectivity index (χ0n) is 8.09. The lowest BCUT2D eigenvalue weighted by Gasteiger charge is -2.33. The molecule has 0 saturated carbocycles. The molecule has 0 unspecified atom stereocenters. The van der Waals surface area contributed by atoms with Crippen molar-refractivity contribution in [2.45, 2.75) is 25.7 Å². The Morgan fingerprint density at radius 2 is 2.15 bits per heavy atom. The molecule has 0 radical (unpaired) electrons. The first-order chi connectivity index (χ1) is 6.11. The number of anilines is 1. The van der Waals surface area contributed by atoms with Gasteiger partial charge >= 0.3 is 0 Å². The molecule has 1 heterocycles. The van der Waals surface area contributed by atoms with E-state index in [0.717, 1.165) is 18.7 Å². The van der Waals surface area contributed by atoms with E-state index in [0.29, 0.717) is 5.75 Å². The van der Waals surface area contributed by atoms with Crippen LogP contribution in [0.5, 0.6) is 5.75 Å². The Balaban J connectivity index is 2.58. The lowest BCUT2D eigenvalue weighted by Crippen LogP contribution is -2.28. The first kappa shape index (κ1) is 8.42. The molecule has 0 bridgehead atoms. The van der Waals surface area contributed by atoms with E-state index in [-0.39, 0.29) is 5.41 Å². The summed E-state index contributed by atoms with van der Waals surface area (Å²) in [6, 6.07) is 5.72. The second-order valence-electron chi connectivity index (χ2n) is 4.26. The predicted molar refractivity (Wildman–Crippen MR) is 54.2 cm³/mol. The summed E-state index contributed by atoms with van der Waals surface area (Å²) in [6.45, 7) is 5.37. The molecule has 0 atom stereocenters. The van der Waals surface area contributed by atoms with E-state index in [1.165, 1.54) is 5.56 Å². The molecule has 0 saturated heterocycles. The standard InChI is InChI=1S/C11H15NO/c1-11(2)6-7-12-10-8(11)4-3-5-9(10)13/h3-5,12-13H,6-7H2,1-2H3. The number of phenols is 1. The van der Waals surface area contributed by atoms with E-state index >= 15 is 0 Å². The quantitative estimate of drug-likeness (QED) is 0.597. The van der Waals surface area contributed by atoms with Gasteiger partial charge in [0.15, 0.2) is 0 Å². The molecule has 0 aliphatic carbocycles. The van der Waals surface area contributed by atoms with Gasteiger partial charge in [0.2, 0.25) is 0 Å². The summed E-state index contributed by atoms with van der Waals surface area (Å²) in [5.74, 6) is 0.366. The second kappa shape index (κ2) is 2.66. The highest BCUT2D eigenvalue weighted by molar-refractivity contribution is 5.65. The molecule has 2 N–H and O–H groups in total. The predicted octanol–water partition coefficient (Wildman–Crippen LogP) is 2.49. The fourth-order valence-corrected chi connectivity index (χ4v) is 1.92. The Bertz CT molecular complexity index is 331. The van der Waals surface area contributed by atoms with Gasteiger partial charge in [-0.25, -0.2) is 0 Å². The number of aromatic hydroxyl groups is 1. The molecule has 1 aliphatic heterocycles. The minimum atomic E-state index is 0.180. The molecule has 1 aliphatic rings. The maximum atomic E-state index is 9.63. The van der Waals surface area contributed by atoms with Crippen LogP contribution in [0.25, 0.3) is 0 Å². The Morgan fingerprint density at radius 1 is 1.38 bits per heavy atom. The molecule has 0 spiro atoms. The summed E-state index contributed by atoms with van der Waals surface area (Å²) in [6.07, 6.45) is 1.11. The van der Waals surface area contributed by atoms with Gasteiger partial charge in [0.05, 0.1) is 5.69 Å². The van der Waals surface area contributed by atoms with Crippen molar-refractivity contribution in [1.29, 1.82) is 0 Å². The molecule has 70 valence electrons. The molecule has 0 aromatic heterocycles. The van der Waals surface area contributed by atoms with Gasteiger partial charge in [-0.05, 0) is 23.5 Å². The third kappa shape index (κ3) is 1.26. The largest absolute Gasteiger partial charge is 0.506 e. The van der Waals surface area contributed by atoms with Crippen molar-refractivity contribution in [1.82, 2.24) is 0 Å². The van der Waals surface area contributed by atoms with Crippen LogP contribution in [0, 0.1) is 0 Å². The van der Waals surface area contributed by atoms with Crippen molar-refractivity contribution in [3.8, 4) is 5.75 Å². The van der Waals surface area contributed by atoms with Crippen LogP contribution in [-0.2, 0) is 5.41 Å². The lowest BCUT2D eigenvalue weighted by atomic mass is 9.78. The molecular weight excluding hydrogens is 162 g/mol. The summed E-state index contributed by atoms with van der Waals surface area (Å²) in [7, 11) is 0. The highest BCUT2D eigenvalue weighted by Gasteiger charge is 2.28. The minimum Gasteiger partial charge on any atom is -0.506 e. The van der Waals surface area contributed by atoms with Crippen molar-refractivity contribution in [3.63, 3.8) is 0 Å². The Kier molecular flexibility index (Phi) is 1.72. The van der Waals surface area contributed by atoms with Gasteiger partial charge < -0.3 is 10.4 Å². The Morgan fingerprint density at radius 3 is 2.85 bits per heavy atom. The van der Waals surface area contributed by atoms with Crippen LogP contribution in [-0.4, -0.2) is 11.7 Å². The summed E-state index contributed by atoms with van der Waals surface area (Å²) in [5, 5.41) is 12.9. The zero-order chi connectivity index (χ0) is 9.47. The summed E-state index contributed by atoms with van der Waals surface area (Å²) in [5.41, 5.74) is 2.32. The van der Waals surface area contributed by atoms with Gasteiger partial charge in [0.25, 0.3) is 0 Å². The number of hydrogen-bond donors (Lipinski definition) is 2. The Hall–Kier alpha value is -1.18. The van der Waals surface area contributed by atoms with Crippen LogP contribution in [0.1, 0.15) is 25.8 Å². The average Bonchev–Trinajstić information content (AvgIpc) is 2.06. The minimum absolute atomic E-state index is 0.180. The molecule has 0 fully saturated rings. The van der Waals surface area contributed by atoms with Gasteiger partial charge in [0.1, 0.15) is 5.75 Å². The van der Waals surface area contributed by atoms with Crippen LogP contribution >= 0.6 is 0 Å². The van der Waals surface area contributed by atoms with Gasteiger partial charge in [-0.1, -0.05) is 26.0 Å². The van der Waals surface area contributed by atoms with Crippen molar-refractivity contribution in [3.05, 3.63) is 23.8 Å². The summed E-state index contributed by atoms with van der Waals surface area (Å²) >= 11 is 0. The van der Waals surface area contributed by atoms with Crippen molar-refractivity contribution in [2.75, 3.05) is 11.9 Å². The summed E-state index contributed by atoms with van der Waals surface area (Å²) < 4.78 is 0. The van der Waals surface area contributed by atoms with Gasteiger partial charge in [-0.15, -0.1) is 0 Å². The second-order valence-corrected chi connectivity index (χ2v) is 4.26. The number of nitrogens with one attached hydrogen (secondary N) is 1. The van der Waals surface area contributed by atoms with E-state index in [2.05, 4.69) is 25.2 Å². The number of fused-ring (bicyclic) bond motifs is 1. The lowest BCUT2D eigenvalue weighted by molar-refractivity contribution is 0.453. The molecule has 2 nitrogen and oxygen atoms in total. The average molecular weight is 177 g/mol. The highest BCUT2D eigenvalue weighted by atomic mass is 16.3. The van der Waals surface area contributed by atoms with Gasteiger partial charge in [-0.2, -0.15) is 0 Å². The van der Waals surface area contributed by atoms with Crippen molar-refractivity contribution in [2.24, 2.45) is 0 Å². The van der Waals surface area contributed by atoms with Crippen LogP contribution in [0.3, 0.4) is 0 Å².